The van der Waals surface area contributed by atoms with Crippen molar-refractivity contribution in [2.24, 2.45) is 17.3 Å². The molecule has 5 heteroatoms. The van der Waals surface area contributed by atoms with Crippen molar-refractivity contribution < 1.29 is 4.79 Å². The molecule has 1 heterocycles. The summed E-state index contributed by atoms with van der Waals surface area (Å²) in [6.07, 6.45) is 3.90. The molecular weight excluding hydrogens is 388 g/mol. The predicted molar refractivity (Wildman–Crippen MR) is 115 cm³/mol. The van der Waals surface area contributed by atoms with Crippen LogP contribution in [0.15, 0.2) is 24.3 Å². The van der Waals surface area contributed by atoms with E-state index in [1.165, 1.54) is 4.88 Å². The van der Waals surface area contributed by atoms with Crippen molar-refractivity contribution in [2.75, 3.05) is 5.32 Å². The molecule has 3 nitrogen and oxygen atoms in total. The summed E-state index contributed by atoms with van der Waals surface area (Å²) < 4.78 is 0. The maximum Gasteiger partial charge on any atom is 0.228 e. The van der Waals surface area contributed by atoms with Gasteiger partial charge < -0.3 is 5.32 Å². The average molecular weight is 413 g/mol. The van der Waals surface area contributed by atoms with Crippen LogP contribution in [0.4, 0.5) is 5.00 Å². The van der Waals surface area contributed by atoms with Crippen LogP contribution in [0.3, 0.4) is 0 Å². The Balaban J connectivity index is 1.49. The molecule has 1 amide bonds. The first-order chi connectivity index (χ1) is 13.3. The molecule has 28 heavy (non-hydrogen) atoms. The van der Waals surface area contributed by atoms with Gasteiger partial charge in [0.25, 0.3) is 0 Å². The van der Waals surface area contributed by atoms with Gasteiger partial charge in [-0.2, -0.15) is 5.26 Å². The van der Waals surface area contributed by atoms with Gasteiger partial charge in [0.1, 0.15) is 11.1 Å². The van der Waals surface area contributed by atoms with E-state index in [-0.39, 0.29) is 23.2 Å². The highest BCUT2D eigenvalue weighted by Crippen LogP contribution is 2.49. The zero-order valence-corrected chi connectivity index (χ0v) is 18.1. The molecule has 4 rings (SSSR count). The molecule has 0 radical (unpaired) electrons. The number of rotatable bonds is 3. The molecule has 146 valence electrons. The molecule has 0 aliphatic heterocycles. The Kier molecular flexibility index (Phi) is 5.02. The Labute approximate surface area is 175 Å². The van der Waals surface area contributed by atoms with Crippen LogP contribution in [0, 0.1) is 28.6 Å². The summed E-state index contributed by atoms with van der Waals surface area (Å²) >= 11 is 7.56. The largest absolute Gasteiger partial charge is 0.316 e. The minimum atomic E-state index is -0.0193. The minimum absolute atomic E-state index is 0.0193. The lowest BCUT2D eigenvalue weighted by Crippen LogP contribution is -2.26. The van der Waals surface area contributed by atoms with Gasteiger partial charge in [0.05, 0.1) is 5.56 Å². The predicted octanol–water partition coefficient (Wildman–Crippen LogP) is 6.17. The summed E-state index contributed by atoms with van der Waals surface area (Å²) in [5.41, 5.74) is 3.26. The fourth-order valence-corrected chi connectivity index (χ4v) is 5.71. The van der Waals surface area contributed by atoms with Crippen LogP contribution in [0.2, 0.25) is 5.02 Å². The summed E-state index contributed by atoms with van der Waals surface area (Å²) in [6.45, 7) is 6.86. The van der Waals surface area contributed by atoms with Gasteiger partial charge in [-0.15, -0.1) is 11.3 Å². The molecule has 3 atom stereocenters. The Morgan fingerprint density at radius 1 is 1.29 bits per heavy atom. The summed E-state index contributed by atoms with van der Waals surface area (Å²) in [5, 5.41) is 14.2. The molecule has 0 saturated heterocycles. The lowest BCUT2D eigenvalue weighted by Gasteiger charge is -2.33. The highest BCUT2D eigenvalue weighted by molar-refractivity contribution is 7.16. The molecule has 1 aromatic heterocycles. The third-order valence-corrected chi connectivity index (χ3v) is 7.69. The highest BCUT2D eigenvalue weighted by atomic mass is 35.5. The summed E-state index contributed by atoms with van der Waals surface area (Å²) in [4.78, 5) is 14.1. The Morgan fingerprint density at radius 2 is 2.00 bits per heavy atom. The first-order valence-electron chi connectivity index (χ1n) is 9.89. The van der Waals surface area contributed by atoms with Crippen molar-refractivity contribution in [1.82, 2.24) is 0 Å². The van der Waals surface area contributed by atoms with E-state index in [1.807, 2.05) is 24.3 Å². The number of benzene rings is 1. The second-order valence-electron chi connectivity index (χ2n) is 9.11. The molecule has 2 aliphatic carbocycles. The number of thiophene rings is 1. The number of nitrogens with zero attached hydrogens (tertiary/aromatic N) is 1. The zero-order chi connectivity index (χ0) is 20.1. The van der Waals surface area contributed by atoms with Crippen molar-refractivity contribution >= 4 is 33.8 Å². The number of nitriles is 1. The van der Waals surface area contributed by atoms with Crippen LogP contribution in [0.1, 0.15) is 61.1 Å². The van der Waals surface area contributed by atoms with E-state index in [2.05, 4.69) is 32.2 Å². The maximum atomic E-state index is 12.8. The van der Waals surface area contributed by atoms with Crippen LogP contribution in [0.25, 0.3) is 0 Å². The number of nitrogens with one attached hydrogen (secondary N) is 1. The van der Waals surface area contributed by atoms with E-state index in [1.54, 1.807) is 11.3 Å². The topological polar surface area (TPSA) is 52.9 Å². The normalized spacial score (nSPS) is 23.6. The van der Waals surface area contributed by atoms with Crippen LogP contribution >= 0.6 is 22.9 Å². The molecule has 1 saturated carbocycles. The van der Waals surface area contributed by atoms with Gasteiger partial charge in [0, 0.05) is 15.8 Å². The lowest BCUT2D eigenvalue weighted by molar-refractivity contribution is -0.117. The number of fused-ring (bicyclic) bond motifs is 1. The average Bonchev–Trinajstić information content (AvgIpc) is 3.37. The second-order valence-corrected chi connectivity index (χ2v) is 10.7. The Hall–Kier alpha value is -1.83. The molecule has 1 fully saturated rings. The van der Waals surface area contributed by atoms with Crippen LogP contribution in [0.5, 0.6) is 0 Å². The number of amides is 1. The Morgan fingerprint density at radius 3 is 2.64 bits per heavy atom. The first kappa shape index (κ1) is 19.5. The van der Waals surface area contributed by atoms with Gasteiger partial charge in [-0.05, 0) is 66.2 Å². The molecule has 0 spiro atoms. The number of carbonyl (C=O) groups is 1. The van der Waals surface area contributed by atoms with E-state index in [4.69, 9.17) is 11.6 Å². The van der Waals surface area contributed by atoms with Gasteiger partial charge >= 0.3 is 0 Å². The molecule has 1 aromatic carbocycles. The van der Waals surface area contributed by atoms with Crippen LogP contribution in [-0.2, 0) is 17.6 Å². The maximum absolute atomic E-state index is 12.8. The minimum Gasteiger partial charge on any atom is -0.316 e. The van der Waals surface area contributed by atoms with Gasteiger partial charge in [-0.1, -0.05) is 44.5 Å². The van der Waals surface area contributed by atoms with E-state index in [0.29, 0.717) is 16.5 Å². The van der Waals surface area contributed by atoms with E-state index in [0.717, 1.165) is 41.8 Å². The summed E-state index contributed by atoms with van der Waals surface area (Å²) in [5.74, 6) is 0.880. The molecule has 0 unspecified atom stereocenters. The lowest BCUT2D eigenvalue weighted by atomic mass is 9.72. The fourth-order valence-electron chi connectivity index (χ4n) is 4.30. The first-order valence-corrected chi connectivity index (χ1v) is 11.1. The standard InChI is InChI=1S/C23H25ClN2OS/c1-23(2,3)14-6-9-16-19(12-25)22(28-20(16)10-14)26-21(27)18-11-17(18)13-4-7-15(24)8-5-13/h4-5,7-8,14,17-18H,6,9-11H2,1-3H3,(H,26,27)/t14-,17+,18+/m0/s1. The van der Waals surface area contributed by atoms with E-state index < -0.39 is 0 Å². The summed E-state index contributed by atoms with van der Waals surface area (Å²) in [7, 11) is 0. The van der Waals surface area contributed by atoms with Gasteiger partial charge in [0.15, 0.2) is 0 Å². The molecular formula is C23H25ClN2OS. The number of halogens is 1. The summed E-state index contributed by atoms with van der Waals surface area (Å²) in [6, 6.07) is 10.1. The van der Waals surface area contributed by atoms with Gasteiger partial charge in [0.2, 0.25) is 5.91 Å². The van der Waals surface area contributed by atoms with Crippen LogP contribution in [-0.4, -0.2) is 5.91 Å². The quantitative estimate of drug-likeness (QED) is 0.655. The number of anilines is 1. The van der Waals surface area contributed by atoms with Crippen molar-refractivity contribution in [3.63, 3.8) is 0 Å². The SMILES string of the molecule is CC(C)(C)[C@H]1CCc2c(sc(NC(=O)[C@@H]3C[C@@H]3c3ccc(Cl)cc3)c2C#N)C1. The number of hydrogen-bond acceptors (Lipinski definition) is 3. The van der Waals surface area contributed by atoms with Gasteiger partial charge in [-0.25, -0.2) is 0 Å². The van der Waals surface area contributed by atoms with E-state index >= 15 is 0 Å². The molecule has 2 aliphatic rings. The Bertz CT molecular complexity index is 949. The fraction of sp³-hybridized carbons (Fsp3) is 0.478. The zero-order valence-electron chi connectivity index (χ0n) is 16.5. The third-order valence-electron chi connectivity index (χ3n) is 6.26. The smallest absolute Gasteiger partial charge is 0.228 e. The molecule has 0 bridgehead atoms. The highest BCUT2D eigenvalue weighted by Gasteiger charge is 2.44. The van der Waals surface area contributed by atoms with Crippen molar-refractivity contribution in [3.8, 4) is 6.07 Å². The second kappa shape index (κ2) is 7.21. The molecule has 2 aromatic rings. The van der Waals surface area contributed by atoms with Crippen molar-refractivity contribution in [2.45, 2.75) is 52.4 Å². The van der Waals surface area contributed by atoms with E-state index in [9.17, 15) is 10.1 Å². The van der Waals surface area contributed by atoms with Crippen molar-refractivity contribution in [3.05, 3.63) is 50.9 Å². The number of carbonyl (C=O) groups excluding carboxylic acids is 1. The van der Waals surface area contributed by atoms with Crippen molar-refractivity contribution in [1.29, 1.82) is 5.26 Å². The van der Waals surface area contributed by atoms with Crippen LogP contribution < -0.4 is 5.32 Å². The molecule has 1 N–H and O–H groups in total. The third kappa shape index (κ3) is 3.71. The monoisotopic (exact) mass is 412 g/mol. The van der Waals surface area contributed by atoms with Gasteiger partial charge in [-0.3, -0.25) is 4.79 Å². The number of hydrogen-bond donors (Lipinski definition) is 1.